The second-order valence-electron chi connectivity index (χ2n) is 8.04. The molecule has 0 spiro atoms. The Morgan fingerprint density at radius 1 is 1.11 bits per heavy atom. The SMILES string of the molecule is COc1cc(-c2nc3c(c(=O)[nH]c(=O)n3CC(O)CF)n2C)ccc1OCc1ccc(C(F)F)cc1. The van der Waals surface area contributed by atoms with Gasteiger partial charge in [-0.05, 0) is 23.8 Å². The summed E-state index contributed by atoms with van der Waals surface area (Å²) in [5, 5.41) is 9.70. The highest BCUT2D eigenvalue weighted by Crippen LogP contribution is 2.33. The predicted octanol–water partition coefficient (Wildman–Crippen LogP) is 2.95. The molecule has 0 saturated carbocycles. The lowest BCUT2D eigenvalue weighted by molar-refractivity contribution is 0.121. The number of benzene rings is 2. The topological polar surface area (TPSA) is 111 Å². The lowest BCUT2D eigenvalue weighted by Crippen LogP contribution is -2.34. The van der Waals surface area contributed by atoms with Gasteiger partial charge in [-0.25, -0.2) is 22.9 Å². The summed E-state index contributed by atoms with van der Waals surface area (Å²) >= 11 is 0. The zero-order chi connectivity index (χ0) is 26.0. The third kappa shape index (κ3) is 4.85. The van der Waals surface area contributed by atoms with Crippen LogP contribution in [-0.4, -0.2) is 44.1 Å². The number of fused-ring (bicyclic) bond motifs is 1. The summed E-state index contributed by atoms with van der Waals surface area (Å²) < 4.78 is 52.1. The van der Waals surface area contributed by atoms with Crippen molar-refractivity contribution in [3.8, 4) is 22.9 Å². The molecule has 0 bridgehead atoms. The van der Waals surface area contributed by atoms with E-state index in [1.54, 1.807) is 37.4 Å². The molecule has 4 aromatic rings. The van der Waals surface area contributed by atoms with Gasteiger partial charge in [-0.2, -0.15) is 0 Å². The van der Waals surface area contributed by atoms with Gasteiger partial charge in [-0.1, -0.05) is 24.3 Å². The first-order valence-corrected chi connectivity index (χ1v) is 10.8. The fourth-order valence-corrected chi connectivity index (χ4v) is 3.78. The van der Waals surface area contributed by atoms with Crippen molar-refractivity contribution in [2.45, 2.75) is 25.7 Å². The quantitative estimate of drug-likeness (QED) is 0.363. The Balaban J connectivity index is 1.67. The lowest BCUT2D eigenvalue weighted by atomic mass is 10.1. The Bertz CT molecular complexity index is 1490. The van der Waals surface area contributed by atoms with Gasteiger partial charge >= 0.3 is 5.69 Å². The van der Waals surface area contributed by atoms with E-state index in [1.807, 2.05) is 0 Å². The van der Waals surface area contributed by atoms with Crippen molar-refractivity contribution in [3.05, 3.63) is 74.4 Å². The molecule has 190 valence electrons. The first-order chi connectivity index (χ1) is 17.2. The Labute approximate surface area is 202 Å². The number of rotatable bonds is 9. The third-order valence-corrected chi connectivity index (χ3v) is 5.63. The molecule has 0 radical (unpaired) electrons. The highest BCUT2D eigenvalue weighted by molar-refractivity contribution is 5.77. The number of aromatic nitrogens is 4. The van der Waals surface area contributed by atoms with E-state index in [1.165, 1.54) is 23.8 Å². The van der Waals surface area contributed by atoms with Crippen LogP contribution >= 0.6 is 0 Å². The van der Waals surface area contributed by atoms with E-state index in [4.69, 9.17) is 9.47 Å². The summed E-state index contributed by atoms with van der Waals surface area (Å²) in [7, 11) is 3.03. The molecule has 36 heavy (non-hydrogen) atoms. The van der Waals surface area contributed by atoms with Crippen molar-refractivity contribution < 1.29 is 27.8 Å². The van der Waals surface area contributed by atoms with E-state index in [9.17, 15) is 27.9 Å². The smallest absolute Gasteiger partial charge is 0.330 e. The molecule has 1 atom stereocenters. The monoisotopic (exact) mass is 504 g/mol. The van der Waals surface area contributed by atoms with Crippen LogP contribution in [0.2, 0.25) is 0 Å². The molecular formula is C24H23F3N4O5. The van der Waals surface area contributed by atoms with Gasteiger partial charge in [0.2, 0.25) is 0 Å². The van der Waals surface area contributed by atoms with Crippen molar-refractivity contribution in [2.75, 3.05) is 13.8 Å². The second-order valence-corrected chi connectivity index (χ2v) is 8.04. The van der Waals surface area contributed by atoms with Crippen molar-refractivity contribution in [1.82, 2.24) is 19.1 Å². The van der Waals surface area contributed by atoms with E-state index >= 15 is 0 Å². The molecule has 2 heterocycles. The number of halogens is 3. The highest BCUT2D eigenvalue weighted by atomic mass is 19.3. The molecule has 9 nitrogen and oxygen atoms in total. The summed E-state index contributed by atoms with van der Waals surface area (Å²) in [5.41, 5.74) is -0.272. The number of ether oxygens (including phenoxy) is 2. The Kier molecular flexibility index (Phi) is 7.15. The summed E-state index contributed by atoms with van der Waals surface area (Å²) in [5.74, 6) is 1.05. The molecule has 2 N–H and O–H groups in total. The predicted molar refractivity (Wildman–Crippen MR) is 125 cm³/mol. The van der Waals surface area contributed by atoms with Gasteiger partial charge in [0.1, 0.15) is 25.2 Å². The Morgan fingerprint density at radius 3 is 2.47 bits per heavy atom. The first-order valence-electron chi connectivity index (χ1n) is 10.8. The Morgan fingerprint density at radius 2 is 1.83 bits per heavy atom. The van der Waals surface area contributed by atoms with E-state index in [0.717, 1.165) is 4.57 Å². The van der Waals surface area contributed by atoms with Crippen molar-refractivity contribution >= 4 is 11.2 Å². The van der Waals surface area contributed by atoms with E-state index in [0.29, 0.717) is 28.5 Å². The largest absolute Gasteiger partial charge is 0.493 e. The van der Waals surface area contributed by atoms with Crippen LogP contribution in [0.1, 0.15) is 17.6 Å². The minimum absolute atomic E-state index is 0.000267. The normalized spacial score (nSPS) is 12.3. The molecule has 1 unspecified atom stereocenters. The number of H-pyrrole nitrogens is 1. The Hall–Kier alpha value is -4.06. The van der Waals surface area contributed by atoms with Gasteiger partial charge in [-0.3, -0.25) is 14.3 Å². The molecule has 2 aromatic heterocycles. The number of aliphatic hydroxyl groups excluding tert-OH is 1. The van der Waals surface area contributed by atoms with Crippen molar-refractivity contribution in [1.29, 1.82) is 0 Å². The average Bonchev–Trinajstić information content (AvgIpc) is 3.22. The molecule has 12 heteroatoms. The van der Waals surface area contributed by atoms with Gasteiger partial charge in [0, 0.05) is 18.2 Å². The van der Waals surface area contributed by atoms with E-state index in [-0.39, 0.29) is 29.9 Å². The van der Waals surface area contributed by atoms with Crippen LogP contribution in [-0.2, 0) is 20.2 Å². The number of alkyl halides is 3. The standard InChI is InChI=1S/C24H23F3N4O5/c1-30-19-22(31(11-16(32)10-25)24(34)29-23(19)33)28-21(30)15-7-8-17(18(9-15)35-2)36-12-13-3-5-14(6-4-13)20(26)27/h3-9,16,20,32H,10-12H2,1-2H3,(H,29,33,34). The number of aryl methyl sites for hydroxylation is 1. The number of nitrogens with one attached hydrogen (secondary N) is 1. The maximum atomic E-state index is 12.9. The van der Waals surface area contributed by atoms with Crippen molar-refractivity contribution in [2.24, 2.45) is 7.05 Å². The maximum absolute atomic E-state index is 12.9. The van der Waals surface area contributed by atoms with Crippen LogP contribution in [0.25, 0.3) is 22.6 Å². The number of methoxy groups -OCH3 is 1. The number of hydrogen-bond donors (Lipinski definition) is 2. The summed E-state index contributed by atoms with van der Waals surface area (Å²) in [6.45, 7) is -1.33. The van der Waals surface area contributed by atoms with E-state index < -0.39 is 30.5 Å². The summed E-state index contributed by atoms with van der Waals surface area (Å²) in [6.07, 6.45) is -3.99. The minimum atomic E-state index is -2.55. The fourth-order valence-electron chi connectivity index (χ4n) is 3.78. The number of aliphatic hydroxyl groups is 1. The van der Waals surface area contributed by atoms with Gasteiger partial charge in [0.05, 0.1) is 13.7 Å². The summed E-state index contributed by atoms with van der Waals surface area (Å²) in [6, 6.07) is 10.7. The number of imidazole rings is 1. The molecule has 0 aliphatic heterocycles. The molecule has 0 saturated heterocycles. The first kappa shape index (κ1) is 25.0. The van der Waals surface area contributed by atoms with Crippen LogP contribution in [0, 0.1) is 0 Å². The molecule has 0 amide bonds. The van der Waals surface area contributed by atoms with Crippen LogP contribution in [0.4, 0.5) is 13.2 Å². The van der Waals surface area contributed by atoms with E-state index in [2.05, 4.69) is 9.97 Å². The van der Waals surface area contributed by atoms with Gasteiger partial charge in [0.25, 0.3) is 12.0 Å². The van der Waals surface area contributed by atoms with Crippen LogP contribution in [0.15, 0.2) is 52.1 Å². The zero-order valence-corrected chi connectivity index (χ0v) is 19.4. The average molecular weight is 504 g/mol. The van der Waals surface area contributed by atoms with Crippen molar-refractivity contribution in [3.63, 3.8) is 0 Å². The molecule has 0 aliphatic rings. The zero-order valence-electron chi connectivity index (χ0n) is 19.4. The van der Waals surface area contributed by atoms with Gasteiger partial charge < -0.3 is 19.1 Å². The molecule has 4 rings (SSSR count). The second kappa shape index (κ2) is 10.3. The molecule has 0 aliphatic carbocycles. The highest BCUT2D eigenvalue weighted by Gasteiger charge is 2.20. The van der Waals surface area contributed by atoms with Crippen LogP contribution in [0.5, 0.6) is 11.5 Å². The number of nitrogens with zero attached hydrogens (tertiary/aromatic N) is 3. The maximum Gasteiger partial charge on any atom is 0.330 e. The molecule has 0 fully saturated rings. The third-order valence-electron chi connectivity index (χ3n) is 5.63. The summed E-state index contributed by atoms with van der Waals surface area (Å²) in [4.78, 5) is 31.4. The van der Waals surface area contributed by atoms with Gasteiger partial charge in [0.15, 0.2) is 22.7 Å². The molecule has 2 aromatic carbocycles. The van der Waals surface area contributed by atoms with Crippen LogP contribution in [0.3, 0.4) is 0 Å². The fraction of sp³-hybridized carbons (Fsp3) is 0.292. The van der Waals surface area contributed by atoms with Gasteiger partial charge in [-0.15, -0.1) is 0 Å². The van der Waals surface area contributed by atoms with Crippen LogP contribution < -0.4 is 20.7 Å². The molecular weight excluding hydrogens is 481 g/mol. The lowest BCUT2D eigenvalue weighted by Gasteiger charge is -2.12. The number of aromatic amines is 1. The number of hydrogen-bond acceptors (Lipinski definition) is 6. The minimum Gasteiger partial charge on any atom is -0.493 e.